The van der Waals surface area contributed by atoms with Gasteiger partial charge in [0.2, 0.25) is 5.91 Å². The third kappa shape index (κ3) is 5.62. The SMILES string of the molecule is CCCc1sc(NC(=O)CCOc2ccccc2)nc1-c1ccc(-c2ccccc2)cc1. The largest absolute Gasteiger partial charge is 0.493 e. The molecule has 1 N–H and O–H groups in total. The van der Waals surface area contributed by atoms with Gasteiger partial charge in [0.25, 0.3) is 0 Å². The average Bonchev–Trinajstić information content (AvgIpc) is 3.22. The minimum absolute atomic E-state index is 0.0938. The number of nitrogens with one attached hydrogen (secondary N) is 1. The van der Waals surface area contributed by atoms with Gasteiger partial charge in [-0.3, -0.25) is 4.79 Å². The van der Waals surface area contributed by atoms with Crippen LogP contribution < -0.4 is 10.1 Å². The maximum atomic E-state index is 12.4. The first-order chi connectivity index (χ1) is 15.7. The number of para-hydroxylation sites is 1. The van der Waals surface area contributed by atoms with Gasteiger partial charge in [-0.2, -0.15) is 0 Å². The van der Waals surface area contributed by atoms with Crippen molar-refractivity contribution in [2.45, 2.75) is 26.2 Å². The summed E-state index contributed by atoms with van der Waals surface area (Å²) in [6.45, 7) is 2.48. The number of thiazole rings is 1. The molecule has 3 aromatic carbocycles. The Morgan fingerprint density at radius 2 is 1.50 bits per heavy atom. The Morgan fingerprint density at radius 1 is 0.875 bits per heavy atom. The Balaban J connectivity index is 1.43. The van der Waals surface area contributed by atoms with Crippen molar-refractivity contribution in [1.82, 2.24) is 4.98 Å². The average molecular weight is 443 g/mol. The van der Waals surface area contributed by atoms with Crippen LogP contribution in [0.5, 0.6) is 5.75 Å². The van der Waals surface area contributed by atoms with Gasteiger partial charge in [0.05, 0.1) is 18.7 Å². The summed E-state index contributed by atoms with van der Waals surface area (Å²) in [7, 11) is 0. The quantitative estimate of drug-likeness (QED) is 0.309. The van der Waals surface area contributed by atoms with Gasteiger partial charge in [-0.15, -0.1) is 11.3 Å². The highest BCUT2D eigenvalue weighted by atomic mass is 32.1. The van der Waals surface area contributed by atoms with E-state index in [1.54, 1.807) is 11.3 Å². The second-order valence-electron chi connectivity index (χ2n) is 7.44. The number of nitrogens with zero attached hydrogens (tertiary/aromatic N) is 1. The van der Waals surface area contributed by atoms with Crippen LogP contribution in [0.3, 0.4) is 0 Å². The summed E-state index contributed by atoms with van der Waals surface area (Å²) in [5.74, 6) is 0.671. The third-order valence-electron chi connectivity index (χ3n) is 5.03. The van der Waals surface area contributed by atoms with Gasteiger partial charge < -0.3 is 10.1 Å². The summed E-state index contributed by atoms with van der Waals surface area (Å²) < 4.78 is 5.62. The summed E-state index contributed by atoms with van der Waals surface area (Å²) in [6, 6.07) is 28.3. The first-order valence-electron chi connectivity index (χ1n) is 10.9. The van der Waals surface area contributed by atoms with Crippen molar-refractivity contribution >= 4 is 22.4 Å². The number of aromatic nitrogens is 1. The fourth-order valence-corrected chi connectivity index (χ4v) is 4.54. The van der Waals surface area contributed by atoms with Crippen LogP contribution in [-0.2, 0) is 11.2 Å². The molecule has 0 fully saturated rings. The van der Waals surface area contributed by atoms with Crippen molar-refractivity contribution in [3.05, 3.63) is 89.8 Å². The molecule has 0 spiro atoms. The Morgan fingerprint density at radius 3 is 2.19 bits per heavy atom. The van der Waals surface area contributed by atoms with Crippen molar-refractivity contribution in [2.24, 2.45) is 0 Å². The standard InChI is InChI=1S/C27H26N2O2S/c1-2-9-24-26(22-16-14-21(15-17-22)20-10-5-3-6-11-20)29-27(32-24)28-25(30)18-19-31-23-12-7-4-8-13-23/h3-8,10-17H,2,9,18-19H2,1H3,(H,28,29,30). The molecule has 0 aliphatic heterocycles. The molecule has 1 amide bonds. The van der Waals surface area contributed by atoms with Crippen LogP contribution in [0.2, 0.25) is 0 Å². The van der Waals surface area contributed by atoms with Crippen molar-refractivity contribution in [3.8, 4) is 28.1 Å². The van der Waals surface area contributed by atoms with E-state index >= 15 is 0 Å². The van der Waals surface area contributed by atoms with Crippen molar-refractivity contribution in [1.29, 1.82) is 0 Å². The highest BCUT2D eigenvalue weighted by Crippen LogP contribution is 2.33. The van der Waals surface area contributed by atoms with Crippen LogP contribution in [0, 0.1) is 0 Å². The maximum absolute atomic E-state index is 12.4. The second-order valence-corrected chi connectivity index (χ2v) is 8.53. The Hall–Kier alpha value is -3.44. The molecule has 162 valence electrons. The Kier molecular flexibility index (Phi) is 7.31. The first kappa shape index (κ1) is 21.8. The molecule has 4 rings (SSSR count). The minimum Gasteiger partial charge on any atom is -0.493 e. The van der Waals surface area contributed by atoms with Crippen molar-refractivity contribution < 1.29 is 9.53 Å². The number of anilines is 1. The molecule has 0 atom stereocenters. The van der Waals surface area contributed by atoms with Gasteiger partial charge in [-0.25, -0.2) is 4.98 Å². The zero-order valence-electron chi connectivity index (χ0n) is 18.1. The molecule has 5 heteroatoms. The third-order valence-corrected chi connectivity index (χ3v) is 6.06. The van der Waals surface area contributed by atoms with E-state index in [0.717, 1.165) is 29.8 Å². The fraction of sp³-hybridized carbons (Fsp3) is 0.185. The molecule has 1 heterocycles. The van der Waals surface area contributed by atoms with E-state index in [9.17, 15) is 4.79 Å². The fourth-order valence-electron chi connectivity index (χ4n) is 3.44. The summed E-state index contributed by atoms with van der Waals surface area (Å²) >= 11 is 1.55. The van der Waals surface area contributed by atoms with Crippen LogP contribution in [0.15, 0.2) is 84.9 Å². The number of aryl methyl sites for hydroxylation is 1. The van der Waals surface area contributed by atoms with Crippen LogP contribution in [0.25, 0.3) is 22.4 Å². The lowest BCUT2D eigenvalue weighted by Crippen LogP contribution is -2.15. The van der Waals surface area contributed by atoms with E-state index in [1.807, 2.05) is 48.5 Å². The van der Waals surface area contributed by atoms with E-state index in [-0.39, 0.29) is 12.3 Å². The lowest BCUT2D eigenvalue weighted by Gasteiger charge is -2.05. The molecule has 0 saturated carbocycles. The zero-order chi connectivity index (χ0) is 22.2. The van der Waals surface area contributed by atoms with Crippen molar-refractivity contribution in [3.63, 3.8) is 0 Å². The molecule has 0 aliphatic carbocycles. The molecule has 0 aliphatic rings. The summed E-state index contributed by atoms with van der Waals surface area (Å²) in [6.07, 6.45) is 2.23. The summed E-state index contributed by atoms with van der Waals surface area (Å²) in [4.78, 5) is 18.3. The topological polar surface area (TPSA) is 51.2 Å². The van der Waals surface area contributed by atoms with Gasteiger partial charge in [-0.1, -0.05) is 86.1 Å². The first-order valence-corrected chi connectivity index (χ1v) is 11.7. The van der Waals surface area contributed by atoms with Gasteiger partial charge in [0.1, 0.15) is 5.75 Å². The number of carbonyl (C=O) groups excluding carboxylic acids is 1. The summed E-state index contributed by atoms with van der Waals surface area (Å²) in [5.41, 5.74) is 4.38. The monoisotopic (exact) mass is 442 g/mol. The zero-order valence-corrected chi connectivity index (χ0v) is 18.9. The van der Waals surface area contributed by atoms with E-state index in [2.05, 4.69) is 48.6 Å². The minimum atomic E-state index is -0.0938. The van der Waals surface area contributed by atoms with Crippen LogP contribution >= 0.6 is 11.3 Å². The van der Waals surface area contributed by atoms with E-state index in [0.29, 0.717) is 11.7 Å². The second kappa shape index (κ2) is 10.7. The lowest BCUT2D eigenvalue weighted by molar-refractivity contribution is -0.116. The molecule has 4 nitrogen and oxygen atoms in total. The molecular weight excluding hydrogens is 416 g/mol. The van der Waals surface area contributed by atoms with E-state index in [4.69, 9.17) is 9.72 Å². The lowest BCUT2D eigenvalue weighted by atomic mass is 10.0. The molecule has 0 unspecified atom stereocenters. The highest BCUT2D eigenvalue weighted by Gasteiger charge is 2.15. The molecule has 0 saturated heterocycles. The van der Waals surface area contributed by atoms with E-state index < -0.39 is 0 Å². The number of amides is 1. The molecular formula is C27H26N2O2S. The summed E-state index contributed by atoms with van der Waals surface area (Å²) in [5, 5.41) is 3.58. The maximum Gasteiger partial charge on any atom is 0.229 e. The normalized spacial score (nSPS) is 10.7. The van der Waals surface area contributed by atoms with E-state index in [1.165, 1.54) is 16.0 Å². The van der Waals surface area contributed by atoms with Crippen molar-refractivity contribution in [2.75, 3.05) is 11.9 Å². The predicted molar refractivity (Wildman–Crippen MR) is 132 cm³/mol. The van der Waals surface area contributed by atoms with Gasteiger partial charge in [-0.05, 0) is 29.7 Å². The predicted octanol–water partition coefficient (Wildman–Crippen LogP) is 6.84. The number of hydrogen-bond acceptors (Lipinski definition) is 4. The highest BCUT2D eigenvalue weighted by molar-refractivity contribution is 7.16. The molecule has 4 aromatic rings. The molecule has 1 aromatic heterocycles. The van der Waals surface area contributed by atoms with Crippen LogP contribution in [-0.4, -0.2) is 17.5 Å². The molecule has 32 heavy (non-hydrogen) atoms. The molecule has 0 bridgehead atoms. The number of ether oxygens (including phenoxy) is 1. The Labute approximate surface area is 192 Å². The van der Waals surface area contributed by atoms with Gasteiger partial charge in [0.15, 0.2) is 5.13 Å². The van der Waals surface area contributed by atoms with Crippen LogP contribution in [0.4, 0.5) is 5.13 Å². The van der Waals surface area contributed by atoms with Gasteiger partial charge in [0, 0.05) is 10.4 Å². The number of carbonyl (C=O) groups is 1. The number of rotatable bonds is 9. The Bertz CT molecular complexity index is 1140. The smallest absolute Gasteiger partial charge is 0.229 e. The van der Waals surface area contributed by atoms with Gasteiger partial charge >= 0.3 is 0 Å². The number of benzene rings is 3. The number of hydrogen-bond donors (Lipinski definition) is 1. The molecule has 0 radical (unpaired) electrons. The van der Waals surface area contributed by atoms with Crippen LogP contribution in [0.1, 0.15) is 24.6 Å².